The number of amides is 2. The van der Waals surface area contributed by atoms with Crippen LogP contribution in [0.1, 0.15) is 24.2 Å². The Hall–Kier alpha value is -3.28. The topological polar surface area (TPSA) is 118 Å². The van der Waals surface area contributed by atoms with Gasteiger partial charge in [-0.3, -0.25) is 9.59 Å². The van der Waals surface area contributed by atoms with Gasteiger partial charge in [0.2, 0.25) is 5.91 Å². The fourth-order valence-electron chi connectivity index (χ4n) is 3.66. The summed E-state index contributed by atoms with van der Waals surface area (Å²) in [6, 6.07) is 13.9. The number of benzene rings is 2. The highest BCUT2D eigenvalue weighted by Crippen LogP contribution is 2.28. The summed E-state index contributed by atoms with van der Waals surface area (Å²) in [6.07, 6.45) is 0. The van der Waals surface area contributed by atoms with Gasteiger partial charge in [-0.15, -0.1) is 11.3 Å². The molecule has 4 rings (SSSR count). The van der Waals surface area contributed by atoms with E-state index in [4.69, 9.17) is 4.74 Å². The predicted molar refractivity (Wildman–Crippen MR) is 140 cm³/mol. The number of morpholine rings is 1. The number of ether oxygens (including phenoxy) is 1. The predicted octanol–water partition coefficient (Wildman–Crippen LogP) is 3.20. The van der Waals surface area contributed by atoms with E-state index in [-0.39, 0.29) is 17.0 Å². The van der Waals surface area contributed by atoms with Gasteiger partial charge in [-0.25, -0.2) is 13.4 Å². The highest BCUT2D eigenvalue weighted by atomic mass is 32.2. The van der Waals surface area contributed by atoms with Crippen LogP contribution in [-0.4, -0.2) is 63.3 Å². The smallest absolute Gasteiger partial charge is 0.251 e. The van der Waals surface area contributed by atoms with Crippen LogP contribution in [0.25, 0.3) is 11.3 Å². The van der Waals surface area contributed by atoms with E-state index in [0.717, 1.165) is 30.0 Å². The van der Waals surface area contributed by atoms with E-state index in [9.17, 15) is 18.0 Å². The van der Waals surface area contributed by atoms with E-state index in [2.05, 4.69) is 32.7 Å². The number of carbonyl (C=O) groups excluding carboxylic acids is 2. The normalized spacial score (nSPS) is 14.0. The van der Waals surface area contributed by atoms with Crippen molar-refractivity contribution >= 4 is 43.8 Å². The third kappa shape index (κ3) is 6.10. The van der Waals surface area contributed by atoms with Crippen LogP contribution in [0, 0.1) is 0 Å². The second-order valence-electron chi connectivity index (χ2n) is 8.54. The lowest BCUT2D eigenvalue weighted by Crippen LogP contribution is -2.36. The van der Waals surface area contributed by atoms with E-state index in [1.54, 1.807) is 13.8 Å². The van der Waals surface area contributed by atoms with Gasteiger partial charge < -0.3 is 20.3 Å². The van der Waals surface area contributed by atoms with Crippen LogP contribution in [0.2, 0.25) is 0 Å². The van der Waals surface area contributed by atoms with Crippen molar-refractivity contribution in [2.45, 2.75) is 24.0 Å². The minimum Gasteiger partial charge on any atom is -0.378 e. The van der Waals surface area contributed by atoms with Crippen molar-refractivity contribution in [2.75, 3.05) is 43.1 Å². The number of sulfone groups is 1. The van der Waals surface area contributed by atoms with Crippen molar-refractivity contribution in [1.82, 2.24) is 10.3 Å². The van der Waals surface area contributed by atoms with Crippen LogP contribution >= 0.6 is 11.3 Å². The molecule has 2 heterocycles. The van der Waals surface area contributed by atoms with Crippen LogP contribution in [0.4, 0.5) is 10.8 Å². The number of hydrogen-bond acceptors (Lipinski definition) is 8. The molecular weight excluding hydrogens is 500 g/mol. The van der Waals surface area contributed by atoms with Crippen molar-refractivity contribution in [3.8, 4) is 11.3 Å². The number of carbonyl (C=O) groups is 2. The summed E-state index contributed by atoms with van der Waals surface area (Å²) in [5.74, 6) is -0.969. The standard InChI is InChI=1S/C25H28N4O5S2/c1-17(2)36(32,33)21-8-4-6-19(14-21)24(31)26-15-23(30)28-25-27-22(16-35-25)18-5-3-7-20(13-18)29-9-11-34-12-10-29/h3-8,13-14,16-17H,9-12,15H2,1-2H3,(H,26,31)(H,27,28,30). The van der Waals surface area contributed by atoms with Gasteiger partial charge in [-0.1, -0.05) is 18.2 Å². The molecule has 1 aliphatic rings. The summed E-state index contributed by atoms with van der Waals surface area (Å²) < 4.78 is 30.2. The highest BCUT2D eigenvalue weighted by Gasteiger charge is 2.20. The Bertz CT molecular complexity index is 1350. The van der Waals surface area contributed by atoms with Crippen LogP contribution in [0.5, 0.6) is 0 Å². The van der Waals surface area contributed by atoms with Gasteiger partial charge in [0.15, 0.2) is 15.0 Å². The zero-order chi connectivity index (χ0) is 25.7. The first-order chi connectivity index (χ1) is 17.2. The number of nitrogens with one attached hydrogen (secondary N) is 2. The largest absolute Gasteiger partial charge is 0.378 e. The molecule has 190 valence electrons. The van der Waals surface area contributed by atoms with Crippen molar-refractivity contribution in [3.63, 3.8) is 0 Å². The molecule has 0 saturated carbocycles. The molecule has 0 unspecified atom stereocenters. The lowest BCUT2D eigenvalue weighted by Gasteiger charge is -2.29. The van der Waals surface area contributed by atoms with Gasteiger partial charge in [-0.05, 0) is 44.2 Å². The number of nitrogens with zero attached hydrogens (tertiary/aromatic N) is 2. The Labute approximate surface area is 214 Å². The lowest BCUT2D eigenvalue weighted by atomic mass is 10.1. The zero-order valence-electron chi connectivity index (χ0n) is 20.1. The Balaban J connectivity index is 1.35. The SMILES string of the molecule is CC(C)S(=O)(=O)c1cccc(C(=O)NCC(=O)Nc2nc(-c3cccc(N4CCOCC4)c3)cs2)c1. The molecule has 0 spiro atoms. The summed E-state index contributed by atoms with van der Waals surface area (Å²) in [6.45, 7) is 5.97. The number of rotatable bonds is 8. The van der Waals surface area contributed by atoms with Crippen LogP contribution < -0.4 is 15.5 Å². The van der Waals surface area contributed by atoms with E-state index < -0.39 is 26.9 Å². The molecule has 1 saturated heterocycles. The summed E-state index contributed by atoms with van der Waals surface area (Å²) in [7, 11) is -3.51. The highest BCUT2D eigenvalue weighted by molar-refractivity contribution is 7.92. The molecule has 3 aromatic rings. The molecular formula is C25H28N4O5S2. The fraction of sp³-hybridized carbons (Fsp3) is 0.320. The summed E-state index contributed by atoms with van der Waals surface area (Å²) in [5.41, 5.74) is 2.96. The maximum Gasteiger partial charge on any atom is 0.251 e. The van der Waals surface area contributed by atoms with Crippen LogP contribution in [0.3, 0.4) is 0 Å². The minimum absolute atomic E-state index is 0.0719. The Morgan fingerprint density at radius 1 is 1.11 bits per heavy atom. The monoisotopic (exact) mass is 528 g/mol. The fourth-order valence-corrected chi connectivity index (χ4v) is 5.50. The third-order valence-electron chi connectivity index (χ3n) is 5.72. The molecule has 0 bridgehead atoms. The first kappa shape index (κ1) is 25.8. The molecule has 2 N–H and O–H groups in total. The number of anilines is 2. The molecule has 0 aliphatic carbocycles. The van der Waals surface area contributed by atoms with E-state index in [1.807, 2.05) is 17.5 Å². The third-order valence-corrected chi connectivity index (χ3v) is 8.63. The van der Waals surface area contributed by atoms with E-state index in [1.165, 1.54) is 35.6 Å². The van der Waals surface area contributed by atoms with Crippen LogP contribution in [-0.2, 0) is 19.4 Å². The second kappa shape index (κ2) is 11.2. The molecule has 1 aliphatic heterocycles. The van der Waals surface area contributed by atoms with E-state index >= 15 is 0 Å². The van der Waals surface area contributed by atoms with Gasteiger partial charge in [-0.2, -0.15) is 0 Å². The van der Waals surface area contributed by atoms with Gasteiger partial charge in [0, 0.05) is 35.3 Å². The van der Waals surface area contributed by atoms with E-state index in [0.29, 0.717) is 18.3 Å². The molecule has 11 heteroatoms. The van der Waals surface area contributed by atoms with Gasteiger partial charge >= 0.3 is 0 Å². The minimum atomic E-state index is -3.51. The Morgan fingerprint density at radius 2 is 1.86 bits per heavy atom. The maximum atomic E-state index is 12.5. The zero-order valence-corrected chi connectivity index (χ0v) is 21.7. The first-order valence-electron chi connectivity index (χ1n) is 11.5. The van der Waals surface area contributed by atoms with Crippen molar-refractivity contribution in [3.05, 3.63) is 59.5 Å². The maximum absolute atomic E-state index is 12.5. The molecule has 0 radical (unpaired) electrons. The number of thiazole rings is 1. The first-order valence-corrected chi connectivity index (χ1v) is 14.0. The van der Waals surface area contributed by atoms with Crippen molar-refractivity contribution in [1.29, 1.82) is 0 Å². The van der Waals surface area contributed by atoms with Gasteiger partial charge in [0.05, 0.1) is 35.6 Å². The second-order valence-corrected chi connectivity index (χ2v) is 11.9. The molecule has 9 nitrogen and oxygen atoms in total. The van der Waals surface area contributed by atoms with Gasteiger partial charge in [0.25, 0.3) is 5.91 Å². The van der Waals surface area contributed by atoms with Gasteiger partial charge in [0.1, 0.15) is 0 Å². The molecule has 2 amide bonds. The van der Waals surface area contributed by atoms with Crippen LogP contribution in [0.15, 0.2) is 58.8 Å². The summed E-state index contributed by atoms with van der Waals surface area (Å²) in [4.78, 5) is 31.7. The lowest BCUT2D eigenvalue weighted by molar-refractivity contribution is -0.115. The number of aromatic nitrogens is 1. The summed E-state index contributed by atoms with van der Waals surface area (Å²) >= 11 is 1.30. The summed E-state index contributed by atoms with van der Waals surface area (Å²) in [5, 5.41) is 6.91. The quantitative estimate of drug-likeness (QED) is 0.461. The Kier molecular flexibility index (Phi) is 8.02. The Morgan fingerprint density at radius 3 is 2.61 bits per heavy atom. The van der Waals surface area contributed by atoms with Crippen molar-refractivity contribution in [2.24, 2.45) is 0 Å². The molecule has 0 atom stereocenters. The molecule has 2 aromatic carbocycles. The average Bonchev–Trinajstić information content (AvgIpc) is 3.36. The van der Waals surface area contributed by atoms with Crippen molar-refractivity contribution < 1.29 is 22.7 Å². The average molecular weight is 529 g/mol. The molecule has 36 heavy (non-hydrogen) atoms. The molecule has 1 fully saturated rings. The number of hydrogen-bond donors (Lipinski definition) is 2. The molecule has 1 aromatic heterocycles.